The zero-order chi connectivity index (χ0) is 13.5. The number of carbonyl (C=O) groups is 1. The van der Waals surface area contributed by atoms with Crippen LogP contribution in [0.1, 0.15) is 30.6 Å². The van der Waals surface area contributed by atoms with Gasteiger partial charge in [0.05, 0.1) is 6.61 Å². The van der Waals surface area contributed by atoms with Gasteiger partial charge >= 0.3 is 5.97 Å². The standard InChI is InChI=1S/C11H19N3O3S/c1-3-14(6-5-7-15)10-8(9(12)13-18-10)11(16)17-4-2/h15H,3-7H2,1-2H3,(H2,12,13). The maximum absolute atomic E-state index is 11.8. The third-order valence-electron chi connectivity index (χ3n) is 2.44. The Bertz CT molecular complexity index is 395. The molecule has 0 aliphatic carbocycles. The molecular formula is C11H19N3O3S. The van der Waals surface area contributed by atoms with Crippen LogP contribution in [-0.2, 0) is 4.74 Å². The van der Waals surface area contributed by atoms with Crippen molar-refractivity contribution in [3.05, 3.63) is 5.56 Å². The highest BCUT2D eigenvalue weighted by molar-refractivity contribution is 7.11. The molecule has 0 saturated heterocycles. The molecule has 1 aromatic rings. The molecule has 0 unspecified atom stereocenters. The topological polar surface area (TPSA) is 88.7 Å². The van der Waals surface area contributed by atoms with Crippen molar-refractivity contribution in [3.8, 4) is 0 Å². The van der Waals surface area contributed by atoms with E-state index >= 15 is 0 Å². The minimum Gasteiger partial charge on any atom is -0.462 e. The van der Waals surface area contributed by atoms with E-state index in [0.717, 1.165) is 0 Å². The molecule has 0 atom stereocenters. The molecule has 1 aromatic heterocycles. The molecule has 0 saturated carbocycles. The van der Waals surface area contributed by atoms with Gasteiger partial charge in [0, 0.05) is 19.7 Å². The fourth-order valence-corrected chi connectivity index (χ4v) is 2.46. The summed E-state index contributed by atoms with van der Waals surface area (Å²) in [5.74, 6) is -0.239. The average Bonchev–Trinajstić information content (AvgIpc) is 2.73. The van der Waals surface area contributed by atoms with E-state index in [1.807, 2.05) is 11.8 Å². The third-order valence-corrected chi connectivity index (χ3v) is 3.36. The van der Waals surface area contributed by atoms with E-state index < -0.39 is 5.97 Å². The number of ether oxygens (including phenoxy) is 1. The Morgan fingerprint density at radius 3 is 2.83 bits per heavy atom. The molecule has 0 aliphatic heterocycles. The molecule has 0 bridgehead atoms. The molecule has 0 aliphatic rings. The smallest absolute Gasteiger partial charge is 0.345 e. The fraction of sp³-hybridized carbons (Fsp3) is 0.636. The zero-order valence-corrected chi connectivity index (χ0v) is 11.5. The summed E-state index contributed by atoms with van der Waals surface area (Å²) in [5, 5.41) is 9.58. The van der Waals surface area contributed by atoms with E-state index in [0.29, 0.717) is 36.7 Å². The number of carbonyl (C=O) groups excluding carboxylic acids is 1. The normalized spacial score (nSPS) is 10.4. The van der Waals surface area contributed by atoms with Crippen LogP contribution in [0.5, 0.6) is 0 Å². The number of esters is 1. The van der Waals surface area contributed by atoms with Crippen LogP contribution in [0.2, 0.25) is 0 Å². The van der Waals surface area contributed by atoms with Gasteiger partial charge in [-0.05, 0) is 31.8 Å². The van der Waals surface area contributed by atoms with Crippen molar-refractivity contribution < 1.29 is 14.6 Å². The van der Waals surface area contributed by atoms with E-state index in [9.17, 15) is 4.79 Å². The van der Waals surface area contributed by atoms with Gasteiger partial charge in [-0.15, -0.1) is 0 Å². The summed E-state index contributed by atoms with van der Waals surface area (Å²) >= 11 is 1.18. The van der Waals surface area contributed by atoms with Crippen LogP contribution in [0.3, 0.4) is 0 Å². The number of aliphatic hydroxyl groups excluding tert-OH is 1. The number of hydrogen-bond acceptors (Lipinski definition) is 7. The predicted octanol–water partition coefficient (Wildman–Crippen LogP) is 1.11. The summed E-state index contributed by atoms with van der Waals surface area (Å²) in [4.78, 5) is 13.8. The molecule has 6 nitrogen and oxygen atoms in total. The van der Waals surface area contributed by atoms with Crippen LogP contribution >= 0.6 is 11.5 Å². The number of rotatable bonds is 7. The largest absolute Gasteiger partial charge is 0.462 e. The second kappa shape index (κ2) is 7.17. The number of nitrogens with two attached hydrogens (primary N) is 1. The van der Waals surface area contributed by atoms with Gasteiger partial charge in [-0.25, -0.2) is 4.79 Å². The van der Waals surface area contributed by atoms with Crippen molar-refractivity contribution >= 4 is 28.3 Å². The minimum atomic E-state index is -0.443. The maximum atomic E-state index is 11.8. The molecule has 0 spiro atoms. The van der Waals surface area contributed by atoms with Gasteiger partial charge in [-0.3, -0.25) is 0 Å². The van der Waals surface area contributed by atoms with Gasteiger partial charge in [-0.1, -0.05) is 0 Å². The van der Waals surface area contributed by atoms with E-state index in [-0.39, 0.29) is 12.4 Å². The molecule has 0 fully saturated rings. The van der Waals surface area contributed by atoms with E-state index in [1.54, 1.807) is 6.92 Å². The molecule has 0 radical (unpaired) electrons. The van der Waals surface area contributed by atoms with Crippen LogP contribution < -0.4 is 10.6 Å². The summed E-state index contributed by atoms with van der Waals surface area (Å²) in [6.07, 6.45) is 0.633. The first-order chi connectivity index (χ1) is 8.65. The Hall–Kier alpha value is -1.34. The molecule has 102 valence electrons. The first-order valence-corrected chi connectivity index (χ1v) is 6.71. The lowest BCUT2D eigenvalue weighted by atomic mass is 10.3. The second-order valence-electron chi connectivity index (χ2n) is 3.63. The lowest BCUT2D eigenvalue weighted by Gasteiger charge is -2.21. The summed E-state index contributed by atoms with van der Waals surface area (Å²) < 4.78 is 8.99. The molecule has 3 N–H and O–H groups in total. The van der Waals surface area contributed by atoms with Crippen molar-refractivity contribution in [2.45, 2.75) is 20.3 Å². The highest BCUT2D eigenvalue weighted by Gasteiger charge is 2.23. The number of nitrogen functional groups attached to an aromatic ring is 1. The van der Waals surface area contributed by atoms with Crippen LogP contribution in [0, 0.1) is 0 Å². The Morgan fingerprint density at radius 2 is 2.28 bits per heavy atom. The lowest BCUT2D eigenvalue weighted by molar-refractivity contribution is 0.0528. The fourth-order valence-electron chi connectivity index (χ4n) is 1.57. The van der Waals surface area contributed by atoms with Gasteiger partial charge in [0.15, 0.2) is 5.82 Å². The highest BCUT2D eigenvalue weighted by atomic mass is 32.1. The second-order valence-corrected chi connectivity index (χ2v) is 4.38. The van der Waals surface area contributed by atoms with Crippen LogP contribution in [0.25, 0.3) is 0 Å². The zero-order valence-electron chi connectivity index (χ0n) is 10.7. The predicted molar refractivity (Wildman–Crippen MR) is 72.1 cm³/mol. The van der Waals surface area contributed by atoms with Crippen molar-refractivity contribution in [2.75, 3.05) is 36.9 Å². The van der Waals surface area contributed by atoms with Gasteiger partial charge < -0.3 is 20.5 Å². The highest BCUT2D eigenvalue weighted by Crippen LogP contribution is 2.31. The van der Waals surface area contributed by atoms with Gasteiger partial charge in [0.2, 0.25) is 0 Å². The molecule has 1 rings (SSSR count). The molecule has 1 heterocycles. The van der Waals surface area contributed by atoms with E-state index in [2.05, 4.69) is 4.37 Å². The van der Waals surface area contributed by atoms with Crippen LogP contribution in [-0.4, -0.2) is 41.8 Å². The molecular weight excluding hydrogens is 254 g/mol. The molecule has 0 aromatic carbocycles. The summed E-state index contributed by atoms with van der Waals surface area (Å²) in [7, 11) is 0. The Labute approximate surface area is 111 Å². The Balaban J connectivity index is 2.96. The van der Waals surface area contributed by atoms with Crippen molar-refractivity contribution in [1.29, 1.82) is 0 Å². The van der Waals surface area contributed by atoms with Crippen molar-refractivity contribution in [2.24, 2.45) is 0 Å². The number of aliphatic hydroxyl groups is 1. The SMILES string of the molecule is CCOC(=O)c1c(N)nsc1N(CC)CCCO. The van der Waals surface area contributed by atoms with Gasteiger partial charge in [0.25, 0.3) is 0 Å². The number of nitrogens with zero attached hydrogens (tertiary/aromatic N) is 2. The average molecular weight is 273 g/mol. The number of aromatic nitrogens is 1. The minimum absolute atomic E-state index is 0.111. The summed E-state index contributed by atoms with van der Waals surface area (Å²) in [6.45, 7) is 5.50. The maximum Gasteiger partial charge on any atom is 0.345 e. The lowest BCUT2D eigenvalue weighted by Crippen LogP contribution is -2.25. The van der Waals surface area contributed by atoms with E-state index in [4.69, 9.17) is 15.6 Å². The number of hydrogen-bond donors (Lipinski definition) is 2. The Morgan fingerprint density at radius 1 is 1.56 bits per heavy atom. The van der Waals surface area contributed by atoms with Crippen LogP contribution in [0.15, 0.2) is 0 Å². The van der Waals surface area contributed by atoms with E-state index in [1.165, 1.54) is 11.5 Å². The molecule has 18 heavy (non-hydrogen) atoms. The Kier molecular flexibility index (Phi) is 5.87. The quantitative estimate of drug-likeness (QED) is 0.723. The molecule has 7 heteroatoms. The van der Waals surface area contributed by atoms with Crippen LogP contribution in [0.4, 0.5) is 10.8 Å². The first-order valence-electron chi connectivity index (χ1n) is 5.93. The van der Waals surface area contributed by atoms with Crippen molar-refractivity contribution in [1.82, 2.24) is 4.37 Å². The summed E-state index contributed by atoms with van der Waals surface area (Å²) in [6, 6.07) is 0. The monoisotopic (exact) mass is 273 g/mol. The van der Waals surface area contributed by atoms with Gasteiger partial charge in [-0.2, -0.15) is 4.37 Å². The number of anilines is 2. The van der Waals surface area contributed by atoms with Gasteiger partial charge in [0.1, 0.15) is 10.6 Å². The third kappa shape index (κ3) is 3.33. The van der Waals surface area contributed by atoms with Crippen molar-refractivity contribution in [3.63, 3.8) is 0 Å². The molecule has 0 amide bonds. The first kappa shape index (κ1) is 14.7. The summed E-state index contributed by atoms with van der Waals surface area (Å²) in [5.41, 5.74) is 6.05.